The van der Waals surface area contributed by atoms with Crippen LogP contribution in [0.1, 0.15) is 11.6 Å². The summed E-state index contributed by atoms with van der Waals surface area (Å²) in [4.78, 5) is 0. The Labute approximate surface area is 52.5 Å². The molecule has 0 amide bonds. The van der Waals surface area contributed by atoms with Gasteiger partial charge in [0.2, 0.25) is 0 Å². The lowest BCUT2D eigenvalue weighted by Gasteiger charge is -1.99. The van der Waals surface area contributed by atoms with Crippen LogP contribution in [0.3, 0.4) is 0 Å². The molecule has 0 aliphatic heterocycles. The number of rotatable bonds is 2. The molecule has 1 heterocycles. The lowest BCUT2D eigenvalue weighted by atomic mass is 10.2. The molecule has 1 atom stereocenters. The van der Waals surface area contributed by atoms with Crippen molar-refractivity contribution in [1.29, 1.82) is 0 Å². The SMILES string of the molecule is N[C@H](CF)c1ccoc1. The largest absolute Gasteiger partial charge is 0.472 e. The van der Waals surface area contributed by atoms with Crippen LogP contribution in [0.4, 0.5) is 4.39 Å². The van der Waals surface area contributed by atoms with Crippen molar-refractivity contribution >= 4 is 0 Å². The Balaban J connectivity index is 2.65. The van der Waals surface area contributed by atoms with Gasteiger partial charge in [-0.15, -0.1) is 0 Å². The molecule has 1 aromatic heterocycles. The third-order valence-electron chi connectivity index (χ3n) is 1.14. The van der Waals surface area contributed by atoms with Crippen molar-refractivity contribution in [2.45, 2.75) is 6.04 Å². The van der Waals surface area contributed by atoms with Gasteiger partial charge in [-0.2, -0.15) is 0 Å². The van der Waals surface area contributed by atoms with E-state index < -0.39 is 12.7 Å². The molecule has 1 aromatic rings. The molecule has 0 unspecified atom stereocenters. The molecule has 9 heavy (non-hydrogen) atoms. The summed E-state index contributed by atoms with van der Waals surface area (Å²) in [6, 6.07) is 1.13. The first-order chi connectivity index (χ1) is 4.34. The maximum absolute atomic E-state index is 11.8. The van der Waals surface area contributed by atoms with Gasteiger partial charge in [0.1, 0.15) is 6.67 Å². The van der Waals surface area contributed by atoms with Crippen molar-refractivity contribution in [2.75, 3.05) is 6.67 Å². The Bertz CT molecular complexity index is 162. The third kappa shape index (κ3) is 1.29. The van der Waals surface area contributed by atoms with E-state index in [9.17, 15) is 4.39 Å². The molecular formula is C6H8FNO. The van der Waals surface area contributed by atoms with Gasteiger partial charge in [-0.25, -0.2) is 4.39 Å². The highest BCUT2D eigenvalue weighted by atomic mass is 19.1. The highest BCUT2D eigenvalue weighted by Crippen LogP contribution is 2.09. The van der Waals surface area contributed by atoms with E-state index in [0.717, 1.165) is 0 Å². The molecule has 0 saturated carbocycles. The molecule has 0 bridgehead atoms. The molecule has 0 fully saturated rings. The maximum Gasteiger partial charge on any atom is 0.109 e. The minimum Gasteiger partial charge on any atom is -0.472 e. The molecule has 2 nitrogen and oxygen atoms in total. The Kier molecular flexibility index (Phi) is 1.85. The van der Waals surface area contributed by atoms with Crippen LogP contribution in [-0.4, -0.2) is 6.67 Å². The lowest BCUT2D eigenvalue weighted by Crippen LogP contribution is -2.10. The molecule has 0 saturated heterocycles. The van der Waals surface area contributed by atoms with Crippen molar-refractivity contribution < 1.29 is 8.81 Å². The fourth-order valence-corrected chi connectivity index (χ4v) is 0.575. The van der Waals surface area contributed by atoms with Gasteiger partial charge in [0.05, 0.1) is 18.6 Å². The van der Waals surface area contributed by atoms with Crippen LogP contribution >= 0.6 is 0 Å². The van der Waals surface area contributed by atoms with E-state index in [1.54, 1.807) is 6.07 Å². The fraction of sp³-hybridized carbons (Fsp3) is 0.333. The van der Waals surface area contributed by atoms with Gasteiger partial charge in [0.25, 0.3) is 0 Å². The smallest absolute Gasteiger partial charge is 0.109 e. The Morgan fingerprint density at radius 2 is 2.56 bits per heavy atom. The molecule has 50 valence electrons. The molecule has 2 N–H and O–H groups in total. The predicted octanol–water partition coefficient (Wildman–Crippen LogP) is 1.25. The van der Waals surface area contributed by atoms with Crippen molar-refractivity contribution in [3.8, 4) is 0 Å². The Hall–Kier alpha value is -0.830. The van der Waals surface area contributed by atoms with Crippen LogP contribution in [0, 0.1) is 0 Å². The summed E-state index contributed by atoms with van der Waals surface area (Å²) in [6.45, 7) is -0.542. The summed E-state index contributed by atoms with van der Waals surface area (Å²) < 4.78 is 16.5. The van der Waals surface area contributed by atoms with Crippen molar-refractivity contribution in [3.63, 3.8) is 0 Å². The molecular weight excluding hydrogens is 121 g/mol. The monoisotopic (exact) mass is 129 g/mol. The standard InChI is InChI=1S/C6H8FNO/c7-3-6(8)5-1-2-9-4-5/h1-2,4,6H,3,8H2/t6-/m1/s1. The van der Waals surface area contributed by atoms with Crippen LogP contribution in [0.2, 0.25) is 0 Å². The van der Waals surface area contributed by atoms with E-state index in [2.05, 4.69) is 0 Å². The van der Waals surface area contributed by atoms with Crippen molar-refractivity contribution in [3.05, 3.63) is 24.2 Å². The van der Waals surface area contributed by atoms with Gasteiger partial charge in [0, 0.05) is 5.56 Å². The average Bonchev–Trinajstić information content (AvgIpc) is 2.37. The number of furan rings is 1. The molecule has 1 rings (SSSR count). The number of nitrogens with two attached hydrogens (primary N) is 1. The minimum atomic E-state index is -0.542. The van der Waals surface area contributed by atoms with Gasteiger partial charge in [-0.1, -0.05) is 0 Å². The van der Waals surface area contributed by atoms with E-state index >= 15 is 0 Å². The maximum atomic E-state index is 11.8. The van der Waals surface area contributed by atoms with Gasteiger partial charge in [0.15, 0.2) is 0 Å². The summed E-state index contributed by atoms with van der Waals surface area (Å²) in [5, 5.41) is 0. The average molecular weight is 129 g/mol. The van der Waals surface area contributed by atoms with Crippen LogP contribution in [-0.2, 0) is 0 Å². The second-order valence-electron chi connectivity index (χ2n) is 1.82. The topological polar surface area (TPSA) is 39.2 Å². The van der Waals surface area contributed by atoms with Crippen LogP contribution in [0.25, 0.3) is 0 Å². The Morgan fingerprint density at radius 3 is 3.00 bits per heavy atom. The highest BCUT2D eigenvalue weighted by molar-refractivity contribution is 5.10. The first-order valence-corrected chi connectivity index (χ1v) is 2.68. The summed E-state index contributed by atoms with van der Waals surface area (Å²) in [7, 11) is 0. The van der Waals surface area contributed by atoms with Crippen LogP contribution < -0.4 is 5.73 Å². The second-order valence-corrected chi connectivity index (χ2v) is 1.82. The van der Waals surface area contributed by atoms with Gasteiger partial charge >= 0.3 is 0 Å². The quantitative estimate of drug-likeness (QED) is 0.652. The van der Waals surface area contributed by atoms with Crippen LogP contribution in [0.5, 0.6) is 0 Å². The van der Waals surface area contributed by atoms with E-state index in [1.165, 1.54) is 12.5 Å². The first kappa shape index (κ1) is 6.29. The third-order valence-corrected chi connectivity index (χ3v) is 1.14. The molecule has 0 spiro atoms. The molecule has 0 aliphatic rings. The lowest BCUT2D eigenvalue weighted by molar-refractivity contribution is 0.434. The zero-order valence-corrected chi connectivity index (χ0v) is 4.88. The van der Waals surface area contributed by atoms with Gasteiger partial charge < -0.3 is 10.2 Å². The summed E-state index contributed by atoms with van der Waals surface area (Å²) in [6.07, 6.45) is 2.93. The molecule has 0 radical (unpaired) electrons. The minimum absolute atomic E-state index is 0.524. The first-order valence-electron chi connectivity index (χ1n) is 2.68. The number of hydrogen-bond acceptors (Lipinski definition) is 2. The summed E-state index contributed by atoms with van der Waals surface area (Å²) >= 11 is 0. The number of hydrogen-bond donors (Lipinski definition) is 1. The zero-order chi connectivity index (χ0) is 6.69. The van der Waals surface area contributed by atoms with E-state index in [0.29, 0.717) is 5.56 Å². The van der Waals surface area contributed by atoms with E-state index in [-0.39, 0.29) is 0 Å². The fourth-order valence-electron chi connectivity index (χ4n) is 0.575. The van der Waals surface area contributed by atoms with Crippen molar-refractivity contribution in [1.82, 2.24) is 0 Å². The predicted molar refractivity (Wildman–Crippen MR) is 31.6 cm³/mol. The molecule has 3 heteroatoms. The van der Waals surface area contributed by atoms with Crippen molar-refractivity contribution in [2.24, 2.45) is 5.73 Å². The highest BCUT2D eigenvalue weighted by Gasteiger charge is 2.04. The van der Waals surface area contributed by atoms with Gasteiger partial charge in [-0.3, -0.25) is 0 Å². The summed E-state index contributed by atoms with van der Waals surface area (Å²) in [5.74, 6) is 0. The van der Waals surface area contributed by atoms with Gasteiger partial charge in [-0.05, 0) is 6.07 Å². The number of alkyl halides is 1. The molecule has 0 aromatic carbocycles. The van der Waals surface area contributed by atoms with Crippen LogP contribution in [0.15, 0.2) is 23.0 Å². The van der Waals surface area contributed by atoms with E-state index in [4.69, 9.17) is 10.2 Å². The Morgan fingerprint density at radius 1 is 1.78 bits per heavy atom. The van der Waals surface area contributed by atoms with E-state index in [1.807, 2.05) is 0 Å². The summed E-state index contributed by atoms with van der Waals surface area (Å²) in [5.41, 5.74) is 6.01. The normalized spacial score (nSPS) is 13.6. The second kappa shape index (κ2) is 2.64. The number of halogens is 1. The zero-order valence-electron chi connectivity index (χ0n) is 4.88. The molecule has 0 aliphatic carbocycles.